The highest BCUT2D eigenvalue weighted by Crippen LogP contribution is 2.09. The molecule has 2 aromatic heterocycles. The quantitative estimate of drug-likeness (QED) is 0.764. The molecule has 0 saturated carbocycles. The number of aromatic nitrogens is 3. The first-order valence-corrected chi connectivity index (χ1v) is 6.36. The molecule has 2 heterocycles. The minimum absolute atomic E-state index is 0.705. The highest BCUT2D eigenvalue weighted by molar-refractivity contribution is 5.49. The monoisotopic (exact) mass is 248 g/mol. The van der Waals surface area contributed by atoms with Crippen molar-refractivity contribution < 1.29 is 4.74 Å². The minimum Gasteiger partial charge on any atom is -0.385 e. The Morgan fingerprint density at radius 3 is 3.00 bits per heavy atom. The van der Waals surface area contributed by atoms with Crippen LogP contribution in [0, 0.1) is 6.92 Å². The Hall–Kier alpha value is -1.62. The van der Waals surface area contributed by atoms with Gasteiger partial charge in [0.2, 0.25) is 5.95 Å². The number of hydrogen-bond donors (Lipinski definition) is 1. The molecule has 0 unspecified atom stereocenters. The van der Waals surface area contributed by atoms with Crippen molar-refractivity contribution in [2.45, 2.75) is 26.2 Å². The van der Waals surface area contributed by atoms with Crippen molar-refractivity contribution in [3.05, 3.63) is 23.9 Å². The van der Waals surface area contributed by atoms with Gasteiger partial charge in [-0.15, -0.1) is 5.10 Å². The molecule has 1 N–H and O–H groups in total. The van der Waals surface area contributed by atoms with Gasteiger partial charge < -0.3 is 10.1 Å². The van der Waals surface area contributed by atoms with Crippen LogP contribution in [0.5, 0.6) is 0 Å². The standard InChI is InChI=1S/C13H20N4O/c1-11-7-6-9-17-12(11)15-13(16-17)14-8-4-3-5-10-18-2/h6-7,9H,3-5,8,10H2,1-2H3,(H,14,16). The summed E-state index contributed by atoms with van der Waals surface area (Å²) < 4.78 is 6.82. The Kier molecular flexibility index (Phi) is 4.52. The van der Waals surface area contributed by atoms with Crippen LogP contribution in [0.4, 0.5) is 5.95 Å². The molecule has 0 atom stereocenters. The molecule has 0 aliphatic rings. The summed E-state index contributed by atoms with van der Waals surface area (Å²) in [5, 5.41) is 7.63. The molecule has 0 amide bonds. The first-order chi connectivity index (χ1) is 8.81. The number of methoxy groups -OCH3 is 1. The Morgan fingerprint density at radius 1 is 1.33 bits per heavy atom. The summed E-state index contributed by atoms with van der Waals surface area (Å²) in [4.78, 5) is 4.46. The minimum atomic E-state index is 0.705. The second-order valence-electron chi connectivity index (χ2n) is 4.38. The molecule has 0 aliphatic heterocycles. The number of unbranched alkanes of at least 4 members (excludes halogenated alkanes) is 2. The Balaban J connectivity index is 1.83. The van der Waals surface area contributed by atoms with Gasteiger partial charge in [-0.3, -0.25) is 0 Å². The van der Waals surface area contributed by atoms with Crippen LogP contribution in [0.2, 0.25) is 0 Å². The molecule has 0 spiro atoms. The van der Waals surface area contributed by atoms with Gasteiger partial charge in [-0.05, 0) is 37.8 Å². The second-order valence-corrected chi connectivity index (χ2v) is 4.38. The van der Waals surface area contributed by atoms with E-state index in [2.05, 4.69) is 15.4 Å². The van der Waals surface area contributed by atoms with E-state index in [0.29, 0.717) is 5.95 Å². The van der Waals surface area contributed by atoms with Gasteiger partial charge in [0.1, 0.15) is 0 Å². The number of hydrogen-bond acceptors (Lipinski definition) is 4. The molecule has 5 heteroatoms. The first kappa shape index (κ1) is 12.8. The third-order valence-electron chi connectivity index (χ3n) is 2.87. The number of nitrogens with one attached hydrogen (secondary N) is 1. The maximum atomic E-state index is 5.01. The second kappa shape index (κ2) is 6.35. The van der Waals surface area contributed by atoms with Crippen molar-refractivity contribution in [2.75, 3.05) is 25.6 Å². The van der Waals surface area contributed by atoms with Gasteiger partial charge in [0.05, 0.1) is 0 Å². The zero-order valence-electron chi connectivity index (χ0n) is 11.0. The Morgan fingerprint density at radius 2 is 2.22 bits per heavy atom. The number of aryl methyl sites for hydroxylation is 1. The highest BCUT2D eigenvalue weighted by atomic mass is 16.5. The molecule has 0 aliphatic carbocycles. The molecule has 2 rings (SSSR count). The summed E-state index contributed by atoms with van der Waals surface area (Å²) in [6.45, 7) is 3.78. The smallest absolute Gasteiger partial charge is 0.243 e. The van der Waals surface area contributed by atoms with E-state index in [-0.39, 0.29) is 0 Å². The molecule has 0 radical (unpaired) electrons. The molecular weight excluding hydrogens is 228 g/mol. The molecule has 18 heavy (non-hydrogen) atoms. The predicted octanol–water partition coefficient (Wildman–Crippen LogP) is 2.27. The highest BCUT2D eigenvalue weighted by Gasteiger charge is 2.03. The lowest BCUT2D eigenvalue weighted by Crippen LogP contribution is -2.03. The normalized spacial score (nSPS) is 11.0. The van der Waals surface area contributed by atoms with Crippen molar-refractivity contribution in [1.29, 1.82) is 0 Å². The van der Waals surface area contributed by atoms with Crippen LogP contribution in [0.1, 0.15) is 24.8 Å². The Labute approximate surface area is 107 Å². The first-order valence-electron chi connectivity index (χ1n) is 6.36. The number of ether oxygens (including phenoxy) is 1. The van der Waals surface area contributed by atoms with Gasteiger partial charge in [-0.1, -0.05) is 6.07 Å². The predicted molar refractivity (Wildman–Crippen MR) is 71.9 cm³/mol. The van der Waals surface area contributed by atoms with Crippen molar-refractivity contribution in [3.8, 4) is 0 Å². The zero-order chi connectivity index (χ0) is 12.8. The molecule has 0 aromatic carbocycles. The van der Waals surface area contributed by atoms with Crippen LogP contribution in [0.25, 0.3) is 5.65 Å². The van der Waals surface area contributed by atoms with Crippen molar-refractivity contribution in [1.82, 2.24) is 14.6 Å². The lowest BCUT2D eigenvalue weighted by atomic mass is 10.2. The van der Waals surface area contributed by atoms with E-state index in [0.717, 1.165) is 43.6 Å². The van der Waals surface area contributed by atoms with Crippen molar-refractivity contribution >= 4 is 11.6 Å². The summed E-state index contributed by atoms with van der Waals surface area (Å²) in [6.07, 6.45) is 5.29. The van der Waals surface area contributed by atoms with Crippen molar-refractivity contribution in [3.63, 3.8) is 0 Å². The van der Waals surface area contributed by atoms with E-state index in [1.165, 1.54) is 0 Å². The van der Waals surface area contributed by atoms with E-state index in [9.17, 15) is 0 Å². The molecule has 0 bridgehead atoms. The fourth-order valence-electron chi connectivity index (χ4n) is 1.86. The van der Waals surface area contributed by atoms with Gasteiger partial charge in [-0.2, -0.15) is 4.98 Å². The molecule has 5 nitrogen and oxygen atoms in total. The number of pyridine rings is 1. The van der Waals surface area contributed by atoms with Crippen LogP contribution < -0.4 is 5.32 Å². The molecule has 2 aromatic rings. The molecule has 0 fully saturated rings. The van der Waals surface area contributed by atoms with Crippen molar-refractivity contribution in [2.24, 2.45) is 0 Å². The fraction of sp³-hybridized carbons (Fsp3) is 0.538. The summed E-state index contributed by atoms with van der Waals surface area (Å²) >= 11 is 0. The van der Waals surface area contributed by atoms with Gasteiger partial charge in [0.25, 0.3) is 0 Å². The van der Waals surface area contributed by atoms with E-state index < -0.39 is 0 Å². The van der Waals surface area contributed by atoms with Gasteiger partial charge in [-0.25, -0.2) is 4.52 Å². The van der Waals surface area contributed by atoms with E-state index in [1.807, 2.05) is 29.8 Å². The summed E-state index contributed by atoms with van der Waals surface area (Å²) in [5.74, 6) is 0.705. The van der Waals surface area contributed by atoms with Gasteiger partial charge in [0, 0.05) is 26.5 Å². The van der Waals surface area contributed by atoms with E-state index >= 15 is 0 Å². The van der Waals surface area contributed by atoms with Crippen LogP contribution in [0.15, 0.2) is 18.3 Å². The summed E-state index contributed by atoms with van der Waals surface area (Å²) in [6, 6.07) is 4.02. The number of fused-ring (bicyclic) bond motifs is 1. The summed E-state index contributed by atoms with van der Waals surface area (Å²) in [5.41, 5.74) is 2.05. The molecular formula is C13H20N4O. The Bertz CT molecular complexity index is 495. The van der Waals surface area contributed by atoms with Crippen LogP contribution in [-0.4, -0.2) is 34.9 Å². The lowest BCUT2D eigenvalue weighted by molar-refractivity contribution is 0.192. The maximum absolute atomic E-state index is 5.01. The molecule has 0 saturated heterocycles. The van der Waals surface area contributed by atoms with Crippen LogP contribution >= 0.6 is 0 Å². The maximum Gasteiger partial charge on any atom is 0.243 e. The topological polar surface area (TPSA) is 51.5 Å². The third kappa shape index (κ3) is 3.20. The van der Waals surface area contributed by atoms with Crippen LogP contribution in [0.3, 0.4) is 0 Å². The van der Waals surface area contributed by atoms with Gasteiger partial charge in [0.15, 0.2) is 5.65 Å². The van der Waals surface area contributed by atoms with E-state index in [1.54, 1.807) is 7.11 Å². The zero-order valence-corrected chi connectivity index (χ0v) is 11.0. The van der Waals surface area contributed by atoms with E-state index in [4.69, 9.17) is 4.74 Å². The summed E-state index contributed by atoms with van der Waals surface area (Å²) in [7, 11) is 1.74. The van der Waals surface area contributed by atoms with Crippen LogP contribution in [-0.2, 0) is 4.74 Å². The number of anilines is 1. The fourth-order valence-corrected chi connectivity index (χ4v) is 1.86. The number of nitrogens with zero attached hydrogens (tertiary/aromatic N) is 3. The largest absolute Gasteiger partial charge is 0.385 e. The number of rotatable bonds is 7. The SMILES string of the molecule is COCCCCCNc1nc2c(C)cccn2n1. The average Bonchev–Trinajstić information content (AvgIpc) is 2.78. The lowest BCUT2D eigenvalue weighted by Gasteiger charge is -2.01. The third-order valence-corrected chi connectivity index (χ3v) is 2.87. The average molecular weight is 248 g/mol. The van der Waals surface area contributed by atoms with Gasteiger partial charge >= 0.3 is 0 Å². The molecule has 98 valence electrons.